The van der Waals surface area contributed by atoms with E-state index in [1.807, 2.05) is 37.3 Å². The van der Waals surface area contributed by atoms with E-state index in [4.69, 9.17) is 9.47 Å². The van der Waals surface area contributed by atoms with Gasteiger partial charge in [0.05, 0.1) is 7.11 Å². The number of para-hydroxylation sites is 1. The third kappa shape index (κ3) is 3.11. The molecule has 0 saturated carbocycles. The maximum Gasteiger partial charge on any atom is 0.342 e. The van der Waals surface area contributed by atoms with Crippen molar-refractivity contribution >= 4 is 17.6 Å². The number of esters is 1. The molecule has 124 valence electrons. The molecule has 1 heterocycles. The van der Waals surface area contributed by atoms with Crippen LogP contribution in [0.25, 0.3) is 0 Å². The third-order valence-electron chi connectivity index (χ3n) is 4.09. The lowest BCUT2D eigenvalue weighted by Crippen LogP contribution is -2.33. The van der Waals surface area contributed by atoms with Crippen molar-refractivity contribution in [3.63, 3.8) is 0 Å². The number of fused-ring (bicyclic) bond motifs is 1. The van der Waals surface area contributed by atoms with Crippen molar-refractivity contribution in [1.82, 2.24) is 0 Å². The Hall–Kier alpha value is -2.82. The molecule has 0 fully saturated rings. The Kier molecular flexibility index (Phi) is 4.51. The van der Waals surface area contributed by atoms with Crippen LogP contribution in [0.4, 0.5) is 5.69 Å². The van der Waals surface area contributed by atoms with E-state index in [-0.39, 0.29) is 12.5 Å². The van der Waals surface area contributed by atoms with Crippen molar-refractivity contribution in [1.29, 1.82) is 0 Å². The molecule has 0 aromatic heterocycles. The molecule has 1 amide bonds. The number of ether oxygens (including phenoxy) is 2. The first-order valence-electron chi connectivity index (χ1n) is 7.80. The summed E-state index contributed by atoms with van der Waals surface area (Å²) in [7, 11) is 1.49. The van der Waals surface area contributed by atoms with Crippen molar-refractivity contribution in [2.75, 3.05) is 25.2 Å². The first-order valence-corrected chi connectivity index (χ1v) is 7.80. The van der Waals surface area contributed by atoms with Gasteiger partial charge in [0.1, 0.15) is 11.3 Å². The molecule has 2 aromatic carbocycles. The van der Waals surface area contributed by atoms with Gasteiger partial charge in [0.25, 0.3) is 5.91 Å². The van der Waals surface area contributed by atoms with E-state index >= 15 is 0 Å². The Morgan fingerprint density at radius 1 is 1.17 bits per heavy atom. The highest BCUT2D eigenvalue weighted by molar-refractivity contribution is 5.99. The summed E-state index contributed by atoms with van der Waals surface area (Å²) in [4.78, 5) is 26.3. The number of carbonyl (C=O) groups excluding carboxylic acids is 2. The topological polar surface area (TPSA) is 55.8 Å². The molecule has 2 aromatic rings. The van der Waals surface area contributed by atoms with Crippen LogP contribution in [-0.2, 0) is 16.0 Å². The normalized spacial score (nSPS) is 12.7. The number of hydrogen-bond acceptors (Lipinski definition) is 4. The molecule has 0 aliphatic carbocycles. The van der Waals surface area contributed by atoms with Crippen molar-refractivity contribution in [3.8, 4) is 5.75 Å². The summed E-state index contributed by atoms with van der Waals surface area (Å²) in [5, 5.41) is 0. The van der Waals surface area contributed by atoms with Gasteiger partial charge in [0, 0.05) is 12.2 Å². The average molecular weight is 325 g/mol. The number of nitrogens with zero attached hydrogens (tertiary/aromatic N) is 1. The van der Waals surface area contributed by atoms with Gasteiger partial charge in [-0.2, -0.15) is 0 Å². The Labute approximate surface area is 140 Å². The Bertz CT molecular complexity index is 785. The molecule has 3 rings (SSSR count). The Morgan fingerprint density at radius 2 is 1.96 bits per heavy atom. The number of carbonyl (C=O) groups is 2. The quantitative estimate of drug-likeness (QED) is 0.811. The molecule has 1 aliphatic heterocycles. The van der Waals surface area contributed by atoms with Crippen LogP contribution in [0.2, 0.25) is 0 Å². The molecular formula is C19H19NO4. The van der Waals surface area contributed by atoms with Crippen LogP contribution >= 0.6 is 0 Å². The van der Waals surface area contributed by atoms with Crippen LogP contribution in [-0.4, -0.2) is 32.1 Å². The van der Waals surface area contributed by atoms with Gasteiger partial charge in [0.2, 0.25) is 0 Å². The van der Waals surface area contributed by atoms with Gasteiger partial charge in [-0.1, -0.05) is 29.8 Å². The fourth-order valence-electron chi connectivity index (χ4n) is 2.86. The van der Waals surface area contributed by atoms with Crippen LogP contribution in [0.1, 0.15) is 21.5 Å². The minimum Gasteiger partial charge on any atom is -0.496 e. The first-order chi connectivity index (χ1) is 11.6. The summed E-state index contributed by atoms with van der Waals surface area (Å²) in [5.74, 6) is -0.346. The number of amides is 1. The van der Waals surface area contributed by atoms with Crippen LogP contribution in [0.5, 0.6) is 5.75 Å². The smallest absolute Gasteiger partial charge is 0.342 e. The molecule has 0 unspecified atom stereocenters. The monoisotopic (exact) mass is 325 g/mol. The molecule has 24 heavy (non-hydrogen) atoms. The van der Waals surface area contributed by atoms with Crippen LogP contribution in [0.15, 0.2) is 42.5 Å². The van der Waals surface area contributed by atoms with E-state index in [2.05, 4.69) is 0 Å². The average Bonchev–Trinajstić information content (AvgIpc) is 3.03. The molecule has 0 bridgehead atoms. The van der Waals surface area contributed by atoms with E-state index in [9.17, 15) is 9.59 Å². The summed E-state index contributed by atoms with van der Waals surface area (Å²) in [6.07, 6.45) is 0.821. The number of aryl methyl sites for hydroxylation is 1. The second-order valence-corrected chi connectivity index (χ2v) is 5.70. The Morgan fingerprint density at radius 3 is 2.75 bits per heavy atom. The van der Waals surface area contributed by atoms with Crippen LogP contribution in [0.3, 0.4) is 0 Å². The Balaban J connectivity index is 1.67. The third-order valence-corrected chi connectivity index (χ3v) is 4.09. The molecule has 0 spiro atoms. The van der Waals surface area contributed by atoms with Crippen LogP contribution in [0, 0.1) is 6.92 Å². The fourth-order valence-corrected chi connectivity index (χ4v) is 2.86. The molecule has 0 radical (unpaired) electrons. The van der Waals surface area contributed by atoms with Crippen molar-refractivity contribution in [2.45, 2.75) is 13.3 Å². The molecular weight excluding hydrogens is 306 g/mol. The fraction of sp³-hybridized carbons (Fsp3) is 0.263. The van der Waals surface area contributed by atoms with E-state index in [0.717, 1.165) is 23.2 Å². The molecule has 5 heteroatoms. The summed E-state index contributed by atoms with van der Waals surface area (Å²) in [5.41, 5.74) is 3.28. The lowest BCUT2D eigenvalue weighted by atomic mass is 10.1. The highest BCUT2D eigenvalue weighted by Gasteiger charge is 2.25. The van der Waals surface area contributed by atoms with Crippen molar-refractivity contribution in [3.05, 3.63) is 59.2 Å². The van der Waals surface area contributed by atoms with Crippen LogP contribution < -0.4 is 9.64 Å². The van der Waals surface area contributed by atoms with E-state index < -0.39 is 5.97 Å². The van der Waals surface area contributed by atoms with Gasteiger partial charge in [-0.3, -0.25) is 4.79 Å². The largest absolute Gasteiger partial charge is 0.496 e. The van der Waals surface area contributed by atoms with Crippen molar-refractivity contribution < 1.29 is 19.1 Å². The summed E-state index contributed by atoms with van der Waals surface area (Å²) >= 11 is 0. The zero-order valence-corrected chi connectivity index (χ0v) is 13.7. The maximum absolute atomic E-state index is 12.4. The van der Waals surface area contributed by atoms with E-state index in [0.29, 0.717) is 17.9 Å². The minimum atomic E-state index is -0.559. The van der Waals surface area contributed by atoms with Gasteiger partial charge < -0.3 is 14.4 Å². The highest BCUT2D eigenvalue weighted by atomic mass is 16.5. The predicted octanol–water partition coefficient (Wildman–Crippen LogP) is 2.75. The van der Waals surface area contributed by atoms with Gasteiger partial charge in [-0.25, -0.2) is 4.79 Å². The zero-order valence-electron chi connectivity index (χ0n) is 13.7. The SMILES string of the molecule is COc1ccc(C)cc1C(=O)OCC(=O)N1CCc2ccccc21. The molecule has 5 nitrogen and oxygen atoms in total. The summed E-state index contributed by atoms with van der Waals surface area (Å²) in [6.45, 7) is 2.20. The molecule has 1 aliphatic rings. The number of anilines is 1. The number of rotatable bonds is 4. The first kappa shape index (κ1) is 16.1. The molecule has 0 N–H and O–H groups in total. The minimum absolute atomic E-state index is 0.222. The second-order valence-electron chi connectivity index (χ2n) is 5.70. The number of methoxy groups -OCH3 is 1. The summed E-state index contributed by atoms with van der Waals surface area (Å²) in [6, 6.07) is 13.0. The number of benzene rings is 2. The van der Waals surface area contributed by atoms with E-state index in [1.54, 1.807) is 17.0 Å². The molecule has 0 atom stereocenters. The van der Waals surface area contributed by atoms with Crippen molar-refractivity contribution in [2.24, 2.45) is 0 Å². The molecule has 0 saturated heterocycles. The maximum atomic E-state index is 12.4. The standard InChI is InChI=1S/C19H19NO4/c1-13-7-8-17(23-2)15(11-13)19(22)24-12-18(21)20-10-9-14-5-3-4-6-16(14)20/h3-8,11H,9-10,12H2,1-2H3. The highest BCUT2D eigenvalue weighted by Crippen LogP contribution is 2.27. The lowest BCUT2D eigenvalue weighted by molar-refractivity contribution is -0.121. The van der Waals surface area contributed by atoms with Gasteiger partial charge in [-0.15, -0.1) is 0 Å². The van der Waals surface area contributed by atoms with Gasteiger partial charge in [-0.05, 0) is 37.1 Å². The second kappa shape index (κ2) is 6.74. The van der Waals surface area contributed by atoms with Gasteiger partial charge in [0.15, 0.2) is 6.61 Å². The summed E-state index contributed by atoms with van der Waals surface area (Å²) < 4.78 is 10.4. The lowest BCUT2D eigenvalue weighted by Gasteiger charge is -2.17. The van der Waals surface area contributed by atoms with E-state index in [1.165, 1.54) is 7.11 Å². The predicted molar refractivity (Wildman–Crippen MR) is 90.5 cm³/mol. The van der Waals surface area contributed by atoms with Gasteiger partial charge >= 0.3 is 5.97 Å². The number of hydrogen-bond donors (Lipinski definition) is 0. The zero-order chi connectivity index (χ0) is 17.1.